The van der Waals surface area contributed by atoms with E-state index in [-0.39, 0.29) is 12.1 Å². The molecular weight excluding hydrogens is 246 g/mol. The molecule has 2 unspecified atom stereocenters. The Morgan fingerprint density at radius 1 is 1.44 bits per heavy atom. The van der Waals surface area contributed by atoms with Crippen molar-refractivity contribution in [1.29, 1.82) is 0 Å². The van der Waals surface area contributed by atoms with Gasteiger partial charge in [0.15, 0.2) is 5.82 Å². The lowest BCUT2D eigenvalue weighted by molar-refractivity contribution is 0.446. The maximum absolute atomic E-state index is 4.17. The highest BCUT2D eigenvalue weighted by Gasteiger charge is 2.21. The minimum atomic E-state index is 0.166. The second-order valence-corrected chi connectivity index (χ2v) is 5.18. The summed E-state index contributed by atoms with van der Waals surface area (Å²) < 4.78 is 1.94. The van der Waals surface area contributed by atoms with Crippen molar-refractivity contribution in [3.8, 4) is 0 Å². The van der Waals surface area contributed by atoms with Crippen molar-refractivity contribution in [2.45, 2.75) is 39.3 Å². The third-order valence-electron chi connectivity index (χ3n) is 2.97. The molecule has 0 spiro atoms. The van der Waals surface area contributed by atoms with Crippen LogP contribution in [0.3, 0.4) is 0 Å². The lowest BCUT2D eigenvalue weighted by Gasteiger charge is -2.18. The average Bonchev–Trinajstić information content (AvgIpc) is 3.01. The molecule has 0 aromatic carbocycles. The third-order valence-corrected chi connectivity index (χ3v) is 3.94. The van der Waals surface area contributed by atoms with E-state index in [1.54, 1.807) is 11.3 Å². The van der Waals surface area contributed by atoms with Gasteiger partial charge in [0.25, 0.3) is 0 Å². The van der Waals surface area contributed by atoms with Crippen molar-refractivity contribution >= 4 is 11.3 Å². The van der Waals surface area contributed by atoms with Gasteiger partial charge in [0.2, 0.25) is 0 Å². The van der Waals surface area contributed by atoms with E-state index in [0.717, 1.165) is 18.8 Å². The molecule has 2 aromatic heterocycles. The largest absolute Gasteiger partial charge is 0.308 e. The zero-order chi connectivity index (χ0) is 13.0. The van der Waals surface area contributed by atoms with Crippen LogP contribution in [-0.2, 0) is 0 Å². The summed E-state index contributed by atoms with van der Waals surface area (Å²) in [7, 11) is 0. The number of thiophene rings is 1. The van der Waals surface area contributed by atoms with E-state index < -0.39 is 0 Å². The molecule has 0 radical (unpaired) electrons. The maximum atomic E-state index is 4.17. The molecule has 0 fully saturated rings. The molecule has 0 saturated heterocycles. The molecule has 2 atom stereocenters. The quantitative estimate of drug-likeness (QED) is 0.871. The van der Waals surface area contributed by atoms with E-state index in [2.05, 4.69) is 59.1 Å². The Kier molecular flexibility index (Phi) is 4.43. The number of hydrogen-bond donors (Lipinski definition) is 1. The van der Waals surface area contributed by atoms with E-state index in [1.165, 1.54) is 4.88 Å². The first-order valence-electron chi connectivity index (χ1n) is 6.32. The van der Waals surface area contributed by atoms with Crippen LogP contribution in [0.5, 0.6) is 0 Å². The van der Waals surface area contributed by atoms with E-state index in [4.69, 9.17) is 0 Å². The number of rotatable bonds is 6. The van der Waals surface area contributed by atoms with E-state index in [9.17, 15) is 0 Å². The number of tetrazole rings is 1. The Labute approximate surface area is 111 Å². The zero-order valence-electron chi connectivity index (χ0n) is 11.0. The highest BCUT2D eigenvalue weighted by atomic mass is 32.1. The first-order valence-corrected chi connectivity index (χ1v) is 7.20. The molecule has 2 aromatic rings. The third kappa shape index (κ3) is 2.59. The molecule has 6 heteroatoms. The van der Waals surface area contributed by atoms with Crippen LogP contribution in [0.1, 0.15) is 50.0 Å². The van der Waals surface area contributed by atoms with Crippen LogP contribution in [-0.4, -0.2) is 26.8 Å². The second-order valence-electron chi connectivity index (χ2n) is 4.20. The van der Waals surface area contributed by atoms with Gasteiger partial charge in [-0.3, -0.25) is 0 Å². The van der Waals surface area contributed by atoms with E-state index in [1.807, 2.05) is 4.68 Å². The van der Waals surface area contributed by atoms with Crippen LogP contribution in [0.25, 0.3) is 0 Å². The molecule has 0 aliphatic carbocycles. The number of aromatic nitrogens is 4. The van der Waals surface area contributed by atoms with Gasteiger partial charge in [-0.1, -0.05) is 19.9 Å². The second kappa shape index (κ2) is 6.06. The molecule has 0 bridgehead atoms. The van der Waals surface area contributed by atoms with Gasteiger partial charge < -0.3 is 5.32 Å². The van der Waals surface area contributed by atoms with Crippen molar-refractivity contribution in [1.82, 2.24) is 25.5 Å². The molecule has 5 nitrogen and oxygen atoms in total. The Morgan fingerprint density at radius 2 is 2.28 bits per heavy atom. The lowest BCUT2D eigenvalue weighted by atomic mass is 10.2. The summed E-state index contributed by atoms with van der Waals surface area (Å²) >= 11 is 1.75. The summed E-state index contributed by atoms with van der Waals surface area (Å²) in [5.41, 5.74) is 0. The first kappa shape index (κ1) is 13.2. The molecule has 0 aliphatic rings. The van der Waals surface area contributed by atoms with Crippen LogP contribution >= 0.6 is 11.3 Å². The first-order chi connectivity index (χ1) is 8.77. The van der Waals surface area contributed by atoms with Crippen LogP contribution in [0.4, 0.5) is 0 Å². The Balaban J connectivity index is 2.29. The van der Waals surface area contributed by atoms with Crippen molar-refractivity contribution in [2.24, 2.45) is 0 Å². The highest BCUT2D eigenvalue weighted by Crippen LogP contribution is 2.27. The molecule has 18 heavy (non-hydrogen) atoms. The van der Waals surface area contributed by atoms with Crippen LogP contribution in [0.15, 0.2) is 17.5 Å². The summed E-state index contributed by atoms with van der Waals surface area (Å²) in [5.74, 6) is 0.900. The normalized spacial score (nSPS) is 14.6. The predicted octanol–water partition coefficient (Wildman–Crippen LogP) is 2.40. The van der Waals surface area contributed by atoms with Crippen molar-refractivity contribution in [2.75, 3.05) is 6.54 Å². The van der Waals surface area contributed by atoms with Crippen molar-refractivity contribution in [3.63, 3.8) is 0 Å². The summed E-state index contributed by atoms with van der Waals surface area (Å²) in [4.78, 5) is 1.30. The fourth-order valence-corrected chi connectivity index (χ4v) is 2.98. The van der Waals surface area contributed by atoms with Crippen LogP contribution < -0.4 is 5.32 Å². The molecule has 2 heterocycles. The molecule has 98 valence electrons. The minimum absolute atomic E-state index is 0.166. The van der Waals surface area contributed by atoms with E-state index in [0.29, 0.717) is 0 Å². The Bertz CT molecular complexity index is 465. The topological polar surface area (TPSA) is 55.6 Å². The number of nitrogens with one attached hydrogen (secondary N) is 1. The monoisotopic (exact) mass is 265 g/mol. The smallest absolute Gasteiger partial charge is 0.168 e. The molecule has 1 N–H and O–H groups in total. The van der Waals surface area contributed by atoms with Gasteiger partial charge in [-0.2, -0.15) is 0 Å². The predicted molar refractivity (Wildman–Crippen MR) is 72.7 cm³/mol. The SMILES string of the molecule is CCNC(C)c1nnnn1C(CC)c1cccs1. The van der Waals surface area contributed by atoms with Gasteiger partial charge in [-0.05, 0) is 41.8 Å². The fraction of sp³-hybridized carbons (Fsp3) is 0.583. The van der Waals surface area contributed by atoms with Gasteiger partial charge in [-0.25, -0.2) is 4.68 Å². The average molecular weight is 265 g/mol. The van der Waals surface area contributed by atoms with Gasteiger partial charge >= 0.3 is 0 Å². The number of nitrogens with zero attached hydrogens (tertiary/aromatic N) is 4. The maximum Gasteiger partial charge on any atom is 0.168 e. The lowest BCUT2D eigenvalue weighted by Crippen LogP contribution is -2.24. The van der Waals surface area contributed by atoms with Crippen LogP contribution in [0.2, 0.25) is 0 Å². The summed E-state index contributed by atoms with van der Waals surface area (Å²) in [6, 6.07) is 4.61. The van der Waals surface area contributed by atoms with E-state index >= 15 is 0 Å². The standard InChI is InChI=1S/C12H19N5S/c1-4-10(11-7-6-8-18-11)17-12(14-15-16-17)9(3)13-5-2/h6-10,13H,4-5H2,1-3H3. The fourth-order valence-electron chi connectivity index (χ4n) is 2.08. The van der Waals surface area contributed by atoms with Crippen molar-refractivity contribution < 1.29 is 0 Å². The molecular formula is C12H19N5S. The minimum Gasteiger partial charge on any atom is -0.308 e. The molecule has 0 aliphatic heterocycles. The Morgan fingerprint density at radius 3 is 2.89 bits per heavy atom. The zero-order valence-corrected chi connectivity index (χ0v) is 11.8. The van der Waals surface area contributed by atoms with Crippen molar-refractivity contribution in [3.05, 3.63) is 28.2 Å². The summed E-state index contributed by atoms with van der Waals surface area (Å²) in [6.45, 7) is 7.24. The molecule has 2 rings (SSSR count). The summed E-state index contributed by atoms with van der Waals surface area (Å²) in [6.07, 6.45) is 0.984. The molecule has 0 saturated carbocycles. The summed E-state index contributed by atoms with van der Waals surface area (Å²) in [5, 5.41) is 17.6. The molecule has 0 amide bonds. The van der Waals surface area contributed by atoms with Gasteiger partial charge in [0.05, 0.1) is 12.1 Å². The van der Waals surface area contributed by atoms with Gasteiger partial charge in [0.1, 0.15) is 0 Å². The van der Waals surface area contributed by atoms with Gasteiger partial charge in [-0.15, -0.1) is 16.4 Å². The number of hydrogen-bond acceptors (Lipinski definition) is 5. The van der Waals surface area contributed by atoms with Gasteiger partial charge in [0, 0.05) is 4.88 Å². The Hall–Kier alpha value is -1.27. The highest BCUT2D eigenvalue weighted by molar-refractivity contribution is 7.10. The van der Waals surface area contributed by atoms with Crippen LogP contribution in [0, 0.1) is 0 Å².